The molecule has 0 atom stereocenters. The first-order valence-electron chi connectivity index (χ1n) is 4.74. The zero-order chi connectivity index (χ0) is 11.5. The van der Waals surface area contributed by atoms with Crippen molar-refractivity contribution in [3.05, 3.63) is 52.0 Å². The minimum atomic E-state index is -0.546. The molecule has 0 saturated heterocycles. The summed E-state index contributed by atoms with van der Waals surface area (Å²) in [6, 6.07) is 8.51. The monoisotopic (exact) mass is 231 g/mol. The Morgan fingerprint density at radius 2 is 1.81 bits per heavy atom. The number of aromatic nitrogens is 1. The average molecular weight is 231 g/mol. The van der Waals surface area contributed by atoms with Gasteiger partial charge in [0.25, 0.3) is 5.78 Å². The van der Waals surface area contributed by atoms with Gasteiger partial charge in [-0.2, -0.15) is 0 Å². The van der Waals surface area contributed by atoms with Gasteiger partial charge in [0.2, 0.25) is 5.78 Å². The number of carbonyl (C=O) groups is 2. The Hall–Kier alpha value is -1.81. The third kappa shape index (κ3) is 2.06. The largest absolute Gasteiger partial charge is 0.285 e. The molecule has 3 nitrogen and oxygen atoms in total. The van der Waals surface area contributed by atoms with Crippen molar-refractivity contribution in [2.24, 2.45) is 0 Å². The Bertz CT molecular complexity index is 531. The van der Waals surface area contributed by atoms with Crippen LogP contribution in [0.25, 0.3) is 0 Å². The zero-order valence-electron chi connectivity index (χ0n) is 8.64. The molecule has 1 heterocycles. The van der Waals surface area contributed by atoms with Gasteiger partial charge in [0, 0.05) is 10.9 Å². The highest BCUT2D eigenvalue weighted by molar-refractivity contribution is 7.09. The lowest BCUT2D eigenvalue weighted by atomic mass is 10.1. The maximum absolute atomic E-state index is 11.8. The fourth-order valence-electron chi connectivity index (χ4n) is 1.30. The normalized spacial score (nSPS) is 10.1. The highest BCUT2D eigenvalue weighted by Gasteiger charge is 2.19. The first-order chi connectivity index (χ1) is 7.68. The van der Waals surface area contributed by atoms with Crippen LogP contribution in [0.15, 0.2) is 35.7 Å². The number of thiazole rings is 1. The number of rotatable bonds is 3. The molecule has 1 aromatic heterocycles. The van der Waals surface area contributed by atoms with E-state index in [4.69, 9.17) is 0 Å². The average Bonchev–Trinajstić information content (AvgIpc) is 2.75. The second-order valence-electron chi connectivity index (χ2n) is 3.28. The number of nitrogens with zero attached hydrogens (tertiary/aromatic N) is 1. The van der Waals surface area contributed by atoms with Crippen LogP contribution in [0.3, 0.4) is 0 Å². The lowest BCUT2D eigenvalue weighted by Crippen LogP contribution is -2.14. The Labute approximate surface area is 96.8 Å². The van der Waals surface area contributed by atoms with Crippen LogP contribution in [0.2, 0.25) is 0 Å². The summed E-state index contributed by atoms with van der Waals surface area (Å²) in [5.41, 5.74) is 0.634. The first kappa shape index (κ1) is 10.7. The molecule has 0 aliphatic heterocycles. The van der Waals surface area contributed by atoms with E-state index in [1.54, 1.807) is 42.6 Å². The minimum Gasteiger partial charge on any atom is -0.285 e. The van der Waals surface area contributed by atoms with Crippen LogP contribution in [0.5, 0.6) is 0 Å². The summed E-state index contributed by atoms with van der Waals surface area (Å²) < 4.78 is 0. The van der Waals surface area contributed by atoms with Crippen molar-refractivity contribution in [3.63, 3.8) is 0 Å². The molecule has 0 fully saturated rings. The van der Waals surface area contributed by atoms with E-state index >= 15 is 0 Å². The highest BCUT2D eigenvalue weighted by Crippen LogP contribution is 2.11. The molecule has 0 unspecified atom stereocenters. The zero-order valence-corrected chi connectivity index (χ0v) is 9.45. The molecule has 0 aliphatic carbocycles. The van der Waals surface area contributed by atoms with Crippen LogP contribution in [0, 0.1) is 6.92 Å². The lowest BCUT2D eigenvalue weighted by Gasteiger charge is -1.96. The SMILES string of the molecule is Cc1nc(C(=O)C(=O)c2ccccc2)cs1. The molecule has 80 valence electrons. The van der Waals surface area contributed by atoms with Crippen LogP contribution in [0.4, 0.5) is 0 Å². The molecule has 0 amide bonds. The number of aryl methyl sites for hydroxylation is 1. The quantitative estimate of drug-likeness (QED) is 0.602. The van der Waals surface area contributed by atoms with Gasteiger partial charge in [0.15, 0.2) is 0 Å². The van der Waals surface area contributed by atoms with E-state index < -0.39 is 11.6 Å². The highest BCUT2D eigenvalue weighted by atomic mass is 32.1. The standard InChI is InChI=1S/C12H9NO2S/c1-8-13-10(7-16-8)12(15)11(14)9-5-3-2-4-6-9/h2-7H,1H3. The van der Waals surface area contributed by atoms with Gasteiger partial charge in [0.05, 0.1) is 5.01 Å². The molecule has 0 saturated carbocycles. The Kier molecular flexibility index (Phi) is 2.92. The minimum absolute atomic E-state index is 0.233. The van der Waals surface area contributed by atoms with Gasteiger partial charge in [-0.05, 0) is 6.92 Å². The van der Waals surface area contributed by atoms with E-state index in [0.717, 1.165) is 5.01 Å². The molecular weight excluding hydrogens is 222 g/mol. The molecule has 1 aromatic carbocycles. The molecule has 0 aliphatic rings. The molecule has 2 aromatic rings. The summed E-state index contributed by atoms with van der Waals surface area (Å²) in [4.78, 5) is 27.5. The van der Waals surface area contributed by atoms with Crippen molar-refractivity contribution in [2.45, 2.75) is 6.92 Å². The number of ketones is 2. The van der Waals surface area contributed by atoms with Crippen molar-refractivity contribution < 1.29 is 9.59 Å². The molecule has 0 bridgehead atoms. The van der Waals surface area contributed by atoms with E-state index in [9.17, 15) is 9.59 Å². The topological polar surface area (TPSA) is 47.0 Å². The number of benzene rings is 1. The van der Waals surface area contributed by atoms with E-state index in [1.807, 2.05) is 0 Å². The van der Waals surface area contributed by atoms with Gasteiger partial charge in [0.1, 0.15) is 5.69 Å². The summed E-state index contributed by atoms with van der Waals surface area (Å²) in [6.07, 6.45) is 0. The summed E-state index contributed by atoms with van der Waals surface area (Å²) in [7, 11) is 0. The predicted molar refractivity (Wildman–Crippen MR) is 62.0 cm³/mol. The van der Waals surface area contributed by atoms with E-state index in [-0.39, 0.29) is 5.69 Å². The van der Waals surface area contributed by atoms with Crippen molar-refractivity contribution in [1.29, 1.82) is 0 Å². The lowest BCUT2D eigenvalue weighted by molar-refractivity contribution is 0.0814. The molecule has 2 rings (SSSR count). The molecule has 0 radical (unpaired) electrons. The van der Waals surface area contributed by atoms with Crippen LogP contribution < -0.4 is 0 Å². The van der Waals surface area contributed by atoms with Gasteiger partial charge < -0.3 is 0 Å². The fraction of sp³-hybridized carbons (Fsp3) is 0.0833. The number of Topliss-reactive ketones (excluding diaryl/α,β-unsaturated/α-hetero) is 2. The molecular formula is C12H9NO2S. The summed E-state index contributed by atoms with van der Waals surface area (Å²) in [5.74, 6) is -1.05. The third-order valence-electron chi connectivity index (χ3n) is 2.09. The maximum atomic E-state index is 11.8. The Morgan fingerprint density at radius 1 is 1.12 bits per heavy atom. The van der Waals surface area contributed by atoms with Crippen molar-refractivity contribution in [1.82, 2.24) is 4.98 Å². The van der Waals surface area contributed by atoms with E-state index in [2.05, 4.69) is 4.98 Å². The van der Waals surface area contributed by atoms with Crippen molar-refractivity contribution in [2.75, 3.05) is 0 Å². The second-order valence-corrected chi connectivity index (χ2v) is 4.34. The van der Waals surface area contributed by atoms with E-state index in [1.165, 1.54) is 11.3 Å². The predicted octanol–water partition coefficient (Wildman–Crippen LogP) is 2.52. The number of hydrogen-bond donors (Lipinski definition) is 0. The Morgan fingerprint density at radius 3 is 2.38 bits per heavy atom. The summed E-state index contributed by atoms with van der Waals surface area (Å²) in [6.45, 7) is 1.80. The van der Waals surface area contributed by atoms with Crippen LogP contribution in [-0.2, 0) is 0 Å². The van der Waals surface area contributed by atoms with Crippen LogP contribution >= 0.6 is 11.3 Å². The molecule has 16 heavy (non-hydrogen) atoms. The number of carbonyl (C=O) groups excluding carboxylic acids is 2. The Balaban J connectivity index is 2.27. The molecule has 0 N–H and O–H groups in total. The number of hydrogen-bond acceptors (Lipinski definition) is 4. The molecule has 4 heteroatoms. The summed E-state index contributed by atoms with van der Waals surface area (Å²) in [5, 5.41) is 2.39. The van der Waals surface area contributed by atoms with E-state index in [0.29, 0.717) is 5.56 Å². The van der Waals surface area contributed by atoms with Crippen molar-refractivity contribution in [3.8, 4) is 0 Å². The summed E-state index contributed by atoms with van der Waals surface area (Å²) >= 11 is 1.36. The van der Waals surface area contributed by atoms with Crippen LogP contribution in [0.1, 0.15) is 25.9 Å². The second kappa shape index (κ2) is 4.37. The van der Waals surface area contributed by atoms with Gasteiger partial charge in [-0.1, -0.05) is 30.3 Å². The first-order valence-corrected chi connectivity index (χ1v) is 5.62. The van der Waals surface area contributed by atoms with Gasteiger partial charge in [-0.15, -0.1) is 11.3 Å². The van der Waals surface area contributed by atoms with Crippen molar-refractivity contribution >= 4 is 22.9 Å². The smallest absolute Gasteiger partial charge is 0.252 e. The van der Waals surface area contributed by atoms with Gasteiger partial charge in [-0.25, -0.2) is 4.98 Å². The van der Waals surface area contributed by atoms with Gasteiger partial charge >= 0.3 is 0 Å². The molecule has 0 spiro atoms. The third-order valence-corrected chi connectivity index (χ3v) is 2.87. The van der Waals surface area contributed by atoms with Crippen LogP contribution in [-0.4, -0.2) is 16.6 Å². The van der Waals surface area contributed by atoms with Gasteiger partial charge in [-0.3, -0.25) is 9.59 Å². The fourth-order valence-corrected chi connectivity index (χ4v) is 1.90. The maximum Gasteiger partial charge on any atom is 0.252 e.